The van der Waals surface area contributed by atoms with Gasteiger partial charge in [0.05, 0.1) is 40.4 Å². The minimum Gasteiger partial charge on any atom is -0.359 e. The van der Waals surface area contributed by atoms with Crippen LogP contribution in [0.25, 0.3) is 60.4 Å². The summed E-state index contributed by atoms with van der Waals surface area (Å²) in [7, 11) is 0. The average molecular weight is 752 g/mol. The summed E-state index contributed by atoms with van der Waals surface area (Å²) in [4.78, 5) is 28.8. The molecule has 58 heavy (non-hydrogen) atoms. The van der Waals surface area contributed by atoms with Crippen molar-refractivity contribution in [2.24, 2.45) is 0 Å². The fourth-order valence-electron chi connectivity index (χ4n) is 8.70. The minimum absolute atomic E-state index is 0.584. The van der Waals surface area contributed by atoms with Crippen molar-refractivity contribution in [3.05, 3.63) is 187 Å². The first-order valence-electron chi connectivity index (χ1n) is 19.3. The van der Waals surface area contributed by atoms with Crippen LogP contribution in [-0.4, -0.2) is 46.6 Å². The molecule has 0 amide bonds. The maximum absolute atomic E-state index is 5.32. The first kappa shape index (κ1) is 32.2. The molecule has 11 heteroatoms. The van der Waals surface area contributed by atoms with Gasteiger partial charge < -0.3 is 19.9 Å². The molecular formula is C47H33N11. The van der Waals surface area contributed by atoms with Crippen molar-refractivity contribution >= 4 is 77.9 Å². The standard InChI is InChI=1S/C47H33N11/c1-6-16-34-31(13-1)26-50-43(34)46-45(56-24-21-29-11-4-10-20-39(29)56)41(42-33-15-5-2-14-32(33)27-51-55-42)44(38-28-48-22-23-49-38)58(47-53-36-18-8-9-19-37(36)54-47)57(46)40-25-30-12-3-7-17-35(30)52-40/h1-20,22-23,25-28,50,52H,21,24H2,(H,53,54). The SMILES string of the molecule is c1ccc2c(c1)CCN2C1=C(c2[nH]cc3ccccc23)N(c2cc3ccccc3[nH]2)N(c2nc3ccccc3[nH]2)C(c2cnccn2)=C1c1nncc2ccccc12. The number of nitrogens with one attached hydrogen (secondary N) is 3. The van der Waals surface area contributed by atoms with E-state index in [1.54, 1.807) is 12.4 Å². The van der Waals surface area contributed by atoms with Gasteiger partial charge in [0.2, 0.25) is 5.95 Å². The molecule has 0 radical (unpaired) electrons. The molecule has 2 aliphatic rings. The number of benzene rings is 5. The third kappa shape index (κ3) is 4.89. The van der Waals surface area contributed by atoms with E-state index in [2.05, 4.69) is 143 Å². The predicted octanol–water partition coefficient (Wildman–Crippen LogP) is 9.50. The lowest BCUT2D eigenvalue weighted by atomic mass is 9.93. The van der Waals surface area contributed by atoms with E-state index in [1.807, 2.05) is 42.7 Å². The number of hydrogen-bond acceptors (Lipinski definition) is 8. The van der Waals surface area contributed by atoms with Crippen LogP contribution >= 0.6 is 0 Å². The summed E-state index contributed by atoms with van der Waals surface area (Å²) in [5.41, 5.74) is 10.8. The van der Waals surface area contributed by atoms with Crippen LogP contribution in [0, 0.1) is 0 Å². The number of rotatable bonds is 6. The van der Waals surface area contributed by atoms with Crippen molar-refractivity contribution < 1.29 is 0 Å². The highest BCUT2D eigenvalue weighted by molar-refractivity contribution is 6.17. The van der Waals surface area contributed by atoms with Gasteiger partial charge in [0.15, 0.2) is 0 Å². The Bertz CT molecular complexity index is 3210. The van der Waals surface area contributed by atoms with Crippen LogP contribution in [0.15, 0.2) is 164 Å². The second-order valence-corrected chi connectivity index (χ2v) is 14.5. The Morgan fingerprint density at radius 1 is 0.621 bits per heavy atom. The largest absolute Gasteiger partial charge is 0.359 e. The molecule has 2 aliphatic heterocycles. The van der Waals surface area contributed by atoms with E-state index in [1.165, 1.54) is 5.56 Å². The smallest absolute Gasteiger partial charge is 0.228 e. The molecule has 0 aliphatic carbocycles. The summed E-state index contributed by atoms with van der Waals surface area (Å²) in [6, 6.07) is 44.1. The van der Waals surface area contributed by atoms with Crippen LogP contribution in [-0.2, 0) is 6.42 Å². The molecule has 0 saturated heterocycles. The lowest BCUT2D eigenvalue weighted by Crippen LogP contribution is -2.47. The summed E-state index contributed by atoms with van der Waals surface area (Å²) >= 11 is 0. The summed E-state index contributed by atoms with van der Waals surface area (Å²) < 4.78 is 0. The van der Waals surface area contributed by atoms with Crippen molar-refractivity contribution in [3.8, 4) is 0 Å². The molecule has 5 aromatic carbocycles. The van der Waals surface area contributed by atoms with Gasteiger partial charge in [-0.15, -0.1) is 5.10 Å². The van der Waals surface area contributed by atoms with Crippen molar-refractivity contribution in [1.82, 2.24) is 40.1 Å². The number of aromatic amines is 3. The second-order valence-electron chi connectivity index (χ2n) is 14.5. The first-order valence-corrected chi connectivity index (χ1v) is 19.3. The number of anilines is 3. The van der Waals surface area contributed by atoms with Crippen molar-refractivity contribution in [2.75, 3.05) is 21.5 Å². The monoisotopic (exact) mass is 751 g/mol. The number of hydrazine groups is 1. The molecule has 3 N–H and O–H groups in total. The van der Waals surface area contributed by atoms with Gasteiger partial charge in [0.25, 0.3) is 0 Å². The summed E-state index contributed by atoms with van der Waals surface area (Å²) in [6.45, 7) is 0.734. The van der Waals surface area contributed by atoms with E-state index in [4.69, 9.17) is 15.1 Å². The van der Waals surface area contributed by atoms with E-state index in [0.29, 0.717) is 17.3 Å². The zero-order valence-electron chi connectivity index (χ0n) is 31.0. The predicted molar refractivity (Wildman–Crippen MR) is 230 cm³/mol. The summed E-state index contributed by atoms with van der Waals surface area (Å²) in [5.74, 6) is 1.41. The third-order valence-corrected chi connectivity index (χ3v) is 11.3. The third-order valence-electron chi connectivity index (χ3n) is 11.3. The van der Waals surface area contributed by atoms with Crippen molar-refractivity contribution in [3.63, 3.8) is 0 Å². The highest BCUT2D eigenvalue weighted by Gasteiger charge is 2.44. The van der Waals surface area contributed by atoms with E-state index < -0.39 is 0 Å². The maximum Gasteiger partial charge on any atom is 0.228 e. The van der Waals surface area contributed by atoms with Crippen LogP contribution in [0.4, 0.5) is 17.5 Å². The molecule has 0 fully saturated rings. The fraction of sp³-hybridized carbons (Fsp3) is 0.0426. The van der Waals surface area contributed by atoms with Crippen LogP contribution in [0.3, 0.4) is 0 Å². The van der Waals surface area contributed by atoms with E-state index in [-0.39, 0.29) is 0 Å². The van der Waals surface area contributed by atoms with Crippen molar-refractivity contribution in [2.45, 2.75) is 6.42 Å². The number of H-pyrrole nitrogens is 3. The first-order chi connectivity index (χ1) is 28.8. The number of fused-ring (bicyclic) bond motifs is 5. The normalized spacial score (nSPS) is 14.5. The van der Waals surface area contributed by atoms with Gasteiger partial charge in [-0.05, 0) is 47.7 Å². The highest BCUT2D eigenvalue weighted by Crippen LogP contribution is 2.52. The Hall–Kier alpha value is -8.05. The van der Waals surface area contributed by atoms with Gasteiger partial charge in [0, 0.05) is 57.9 Å². The number of hydrogen-bond donors (Lipinski definition) is 3. The fourth-order valence-corrected chi connectivity index (χ4v) is 8.70. The van der Waals surface area contributed by atoms with Crippen LogP contribution < -0.4 is 14.9 Å². The average Bonchev–Trinajstić information content (AvgIpc) is 4.10. The molecule has 5 aromatic heterocycles. The summed E-state index contributed by atoms with van der Waals surface area (Å²) in [5, 5.41) is 19.3. The van der Waals surface area contributed by atoms with Gasteiger partial charge in [-0.2, -0.15) is 5.10 Å². The quantitative estimate of drug-likeness (QED) is 0.154. The molecule has 0 spiro atoms. The van der Waals surface area contributed by atoms with Gasteiger partial charge in [0.1, 0.15) is 28.6 Å². The molecule has 0 bridgehead atoms. The molecule has 10 aromatic rings. The van der Waals surface area contributed by atoms with Gasteiger partial charge in [-0.3, -0.25) is 9.97 Å². The molecule has 0 atom stereocenters. The zero-order valence-corrected chi connectivity index (χ0v) is 31.0. The Kier molecular flexibility index (Phi) is 7.08. The van der Waals surface area contributed by atoms with E-state index in [9.17, 15) is 0 Å². The molecule has 0 unspecified atom stereocenters. The molecule has 7 heterocycles. The molecule has 0 saturated carbocycles. The lowest BCUT2D eigenvalue weighted by Gasteiger charge is -2.45. The van der Waals surface area contributed by atoms with Crippen LogP contribution in [0.1, 0.15) is 22.6 Å². The van der Waals surface area contributed by atoms with Crippen molar-refractivity contribution in [1.29, 1.82) is 0 Å². The molecule has 12 rings (SSSR count). The molecule has 11 nitrogen and oxygen atoms in total. The molecular weight excluding hydrogens is 719 g/mol. The van der Waals surface area contributed by atoms with Gasteiger partial charge in [-0.25, -0.2) is 15.0 Å². The topological polar surface area (TPSA) is 122 Å². The highest BCUT2D eigenvalue weighted by atomic mass is 15.7. The second kappa shape index (κ2) is 12.8. The molecule has 276 valence electrons. The van der Waals surface area contributed by atoms with Crippen LogP contribution in [0.5, 0.6) is 0 Å². The number of imidazole rings is 1. The Balaban J connectivity index is 1.32. The Morgan fingerprint density at radius 3 is 2.26 bits per heavy atom. The zero-order chi connectivity index (χ0) is 38.2. The van der Waals surface area contributed by atoms with Gasteiger partial charge in [-0.1, -0.05) is 97.1 Å². The number of allylic oxidation sites excluding steroid dienone is 1. The number of para-hydroxylation sites is 4. The lowest BCUT2D eigenvalue weighted by molar-refractivity contribution is 0.892. The number of aromatic nitrogens is 8. The van der Waals surface area contributed by atoms with Crippen LogP contribution in [0.2, 0.25) is 0 Å². The van der Waals surface area contributed by atoms with E-state index in [0.717, 1.165) is 96.3 Å². The Labute approximate surface area is 331 Å². The number of nitrogens with zero attached hydrogens (tertiary/aromatic N) is 8. The van der Waals surface area contributed by atoms with Gasteiger partial charge >= 0.3 is 0 Å². The maximum atomic E-state index is 5.32. The minimum atomic E-state index is 0.584. The summed E-state index contributed by atoms with van der Waals surface area (Å²) in [6.07, 6.45) is 10.0. The van der Waals surface area contributed by atoms with E-state index >= 15 is 0 Å². The Morgan fingerprint density at radius 2 is 1.40 bits per heavy atom.